The molecule has 1 aromatic rings. The van der Waals surface area contributed by atoms with Crippen LogP contribution in [0.5, 0.6) is 0 Å². The van der Waals surface area contributed by atoms with Gasteiger partial charge in [-0.1, -0.05) is 33.1 Å². The Morgan fingerprint density at radius 2 is 1.70 bits per heavy atom. The van der Waals surface area contributed by atoms with E-state index in [-0.39, 0.29) is 0 Å². The number of hydrogen-bond acceptors (Lipinski definition) is 4. The summed E-state index contributed by atoms with van der Waals surface area (Å²) in [4.78, 5) is 11.5. The van der Waals surface area contributed by atoms with Crippen molar-refractivity contribution in [2.24, 2.45) is 17.8 Å². The van der Waals surface area contributed by atoms with Crippen molar-refractivity contribution in [1.82, 2.24) is 9.97 Å². The molecule has 2 aliphatic rings. The molecule has 0 unspecified atom stereocenters. The van der Waals surface area contributed by atoms with Crippen LogP contribution < -0.4 is 10.2 Å². The molecular weight excluding hydrogens is 284 g/mol. The second kappa shape index (κ2) is 7.98. The first kappa shape index (κ1) is 16.5. The Bertz CT molecular complexity index is 457. The highest BCUT2D eigenvalue weighted by atomic mass is 15.3. The minimum atomic E-state index is 0.796. The molecule has 1 aliphatic heterocycles. The Morgan fingerprint density at radius 3 is 2.30 bits per heavy atom. The molecule has 1 N–H and O–H groups in total. The molecule has 1 saturated heterocycles. The van der Waals surface area contributed by atoms with Gasteiger partial charge in [-0.25, -0.2) is 9.97 Å². The van der Waals surface area contributed by atoms with Gasteiger partial charge in [-0.05, 0) is 43.4 Å². The summed E-state index contributed by atoms with van der Waals surface area (Å²) in [7, 11) is 0. The highest BCUT2D eigenvalue weighted by Crippen LogP contribution is 2.27. The Labute approximate surface area is 141 Å². The molecule has 4 heteroatoms. The first-order valence-electron chi connectivity index (χ1n) is 9.53. The van der Waals surface area contributed by atoms with E-state index in [0.29, 0.717) is 0 Å². The molecule has 1 aromatic heterocycles. The van der Waals surface area contributed by atoms with Crippen LogP contribution in [0.3, 0.4) is 0 Å². The van der Waals surface area contributed by atoms with Gasteiger partial charge in [0, 0.05) is 19.6 Å². The van der Waals surface area contributed by atoms with Gasteiger partial charge in [-0.15, -0.1) is 0 Å². The second-order valence-corrected chi connectivity index (χ2v) is 7.73. The fourth-order valence-corrected chi connectivity index (χ4v) is 4.00. The predicted octanol–water partition coefficient (Wildman–Crippen LogP) is 4.34. The predicted molar refractivity (Wildman–Crippen MR) is 96.9 cm³/mol. The van der Waals surface area contributed by atoms with Gasteiger partial charge in [-0.3, -0.25) is 0 Å². The summed E-state index contributed by atoms with van der Waals surface area (Å²) in [6.45, 7) is 7.94. The zero-order chi connectivity index (χ0) is 16.1. The van der Waals surface area contributed by atoms with Crippen LogP contribution >= 0.6 is 0 Å². The summed E-state index contributed by atoms with van der Waals surface area (Å²) in [5.74, 6) is 3.39. The van der Waals surface area contributed by atoms with Crippen molar-refractivity contribution < 1.29 is 0 Å². The third-order valence-electron chi connectivity index (χ3n) is 5.72. The van der Waals surface area contributed by atoms with Crippen LogP contribution in [0.2, 0.25) is 0 Å². The lowest BCUT2D eigenvalue weighted by molar-refractivity contribution is 0.310. The van der Waals surface area contributed by atoms with Crippen molar-refractivity contribution in [2.45, 2.75) is 58.8 Å². The largest absolute Gasteiger partial charge is 0.382 e. The normalized spacial score (nSPS) is 20.9. The summed E-state index contributed by atoms with van der Waals surface area (Å²) in [6, 6.07) is 0. The molecule has 4 nitrogen and oxygen atoms in total. The topological polar surface area (TPSA) is 41.1 Å². The maximum atomic E-state index is 4.59. The molecule has 0 spiro atoms. The molecule has 0 radical (unpaired) electrons. The van der Waals surface area contributed by atoms with Crippen LogP contribution in [0.1, 0.15) is 58.8 Å². The average molecular weight is 316 g/mol. The van der Waals surface area contributed by atoms with Gasteiger partial charge in [0.25, 0.3) is 0 Å². The van der Waals surface area contributed by atoms with Crippen LogP contribution in [-0.2, 0) is 0 Å². The van der Waals surface area contributed by atoms with Gasteiger partial charge in [0.05, 0.1) is 18.1 Å². The first-order valence-corrected chi connectivity index (χ1v) is 9.53. The summed E-state index contributed by atoms with van der Waals surface area (Å²) < 4.78 is 0. The third-order valence-corrected chi connectivity index (χ3v) is 5.72. The monoisotopic (exact) mass is 316 g/mol. The number of piperidine rings is 1. The summed E-state index contributed by atoms with van der Waals surface area (Å²) in [5, 5.41) is 3.52. The van der Waals surface area contributed by atoms with Crippen molar-refractivity contribution in [3.05, 3.63) is 12.4 Å². The maximum Gasteiger partial charge on any atom is 0.225 e. The molecule has 23 heavy (non-hydrogen) atoms. The van der Waals surface area contributed by atoms with E-state index >= 15 is 0 Å². The fourth-order valence-electron chi connectivity index (χ4n) is 4.00. The highest BCUT2D eigenvalue weighted by Gasteiger charge is 2.22. The van der Waals surface area contributed by atoms with Gasteiger partial charge in [0.15, 0.2) is 0 Å². The van der Waals surface area contributed by atoms with Crippen molar-refractivity contribution >= 4 is 11.6 Å². The van der Waals surface area contributed by atoms with Crippen molar-refractivity contribution in [3.8, 4) is 0 Å². The average Bonchev–Trinajstić information content (AvgIpc) is 2.61. The SMILES string of the molecule is CC(C)C1CCN(c2ncc(NCC3CCCCC3)cn2)CC1. The van der Waals surface area contributed by atoms with Crippen LogP contribution in [-0.4, -0.2) is 29.6 Å². The van der Waals surface area contributed by atoms with E-state index in [1.807, 2.05) is 12.4 Å². The van der Waals surface area contributed by atoms with Crippen LogP contribution in [0.15, 0.2) is 12.4 Å². The van der Waals surface area contributed by atoms with E-state index in [4.69, 9.17) is 0 Å². The quantitative estimate of drug-likeness (QED) is 0.877. The number of anilines is 2. The molecule has 0 amide bonds. The molecule has 2 heterocycles. The molecule has 2 fully saturated rings. The van der Waals surface area contributed by atoms with E-state index in [2.05, 4.69) is 34.0 Å². The highest BCUT2D eigenvalue weighted by molar-refractivity contribution is 5.42. The number of rotatable bonds is 5. The van der Waals surface area contributed by atoms with Gasteiger partial charge >= 0.3 is 0 Å². The third kappa shape index (κ3) is 4.58. The van der Waals surface area contributed by atoms with E-state index < -0.39 is 0 Å². The molecule has 1 saturated carbocycles. The van der Waals surface area contributed by atoms with E-state index in [1.54, 1.807) is 0 Å². The number of aromatic nitrogens is 2. The molecule has 0 bridgehead atoms. The molecule has 0 aromatic carbocycles. The van der Waals surface area contributed by atoms with Crippen molar-refractivity contribution in [1.29, 1.82) is 0 Å². The fraction of sp³-hybridized carbons (Fsp3) is 0.789. The van der Waals surface area contributed by atoms with Crippen molar-refractivity contribution in [3.63, 3.8) is 0 Å². The minimum absolute atomic E-state index is 0.796. The van der Waals surface area contributed by atoms with Gasteiger partial charge in [-0.2, -0.15) is 0 Å². The van der Waals surface area contributed by atoms with Crippen LogP contribution in [0, 0.1) is 17.8 Å². The lowest BCUT2D eigenvalue weighted by Crippen LogP contribution is -2.36. The summed E-state index contributed by atoms with van der Waals surface area (Å²) in [6.07, 6.45) is 13.4. The maximum absolute atomic E-state index is 4.59. The Hall–Kier alpha value is -1.32. The molecular formula is C19H32N4. The standard InChI is InChI=1S/C19H32N4/c1-15(2)17-8-10-23(11-9-17)19-21-13-18(14-22-19)20-12-16-6-4-3-5-7-16/h13-17,20H,3-12H2,1-2H3. The van der Waals surface area contributed by atoms with Gasteiger partial charge < -0.3 is 10.2 Å². The second-order valence-electron chi connectivity index (χ2n) is 7.73. The number of nitrogens with zero attached hydrogens (tertiary/aromatic N) is 3. The molecule has 1 aliphatic carbocycles. The lowest BCUT2D eigenvalue weighted by atomic mass is 9.87. The summed E-state index contributed by atoms with van der Waals surface area (Å²) in [5.41, 5.74) is 1.07. The first-order chi connectivity index (χ1) is 11.2. The molecule has 3 rings (SSSR count). The van der Waals surface area contributed by atoms with Gasteiger partial charge in [0.1, 0.15) is 0 Å². The number of hydrogen-bond donors (Lipinski definition) is 1. The molecule has 0 atom stereocenters. The minimum Gasteiger partial charge on any atom is -0.382 e. The van der Waals surface area contributed by atoms with Gasteiger partial charge in [0.2, 0.25) is 5.95 Å². The van der Waals surface area contributed by atoms with Crippen molar-refractivity contribution in [2.75, 3.05) is 29.9 Å². The van der Waals surface area contributed by atoms with E-state index in [0.717, 1.165) is 49.0 Å². The summed E-state index contributed by atoms with van der Waals surface area (Å²) >= 11 is 0. The molecule has 128 valence electrons. The van der Waals surface area contributed by atoms with Crippen LogP contribution in [0.25, 0.3) is 0 Å². The van der Waals surface area contributed by atoms with E-state index in [9.17, 15) is 0 Å². The Balaban J connectivity index is 1.47. The smallest absolute Gasteiger partial charge is 0.225 e. The Kier molecular flexibility index (Phi) is 5.74. The lowest BCUT2D eigenvalue weighted by Gasteiger charge is -2.33. The number of nitrogens with one attached hydrogen (secondary N) is 1. The zero-order valence-corrected chi connectivity index (χ0v) is 14.8. The van der Waals surface area contributed by atoms with Crippen LogP contribution in [0.4, 0.5) is 11.6 Å². The zero-order valence-electron chi connectivity index (χ0n) is 14.8. The Morgan fingerprint density at radius 1 is 1.04 bits per heavy atom. The van der Waals surface area contributed by atoms with E-state index in [1.165, 1.54) is 44.9 Å².